The van der Waals surface area contributed by atoms with E-state index in [1.54, 1.807) is 6.92 Å². The second kappa shape index (κ2) is 8.13. The fraction of sp³-hybridized carbons (Fsp3) is 0.611. The van der Waals surface area contributed by atoms with Crippen LogP contribution in [0.3, 0.4) is 0 Å². The van der Waals surface area contributed by atoms with Crippen molar-refractivity contribution in [2.45, 2.75) is 53.0 Å². The summed E-state index contributed by atoms with van der Waals surface area (Å²) in [6.45, 7) is 8.89. The molecule has 2 heterocycles. The van der Waals surface area contributed by atoms with E-state index in [2.05, 4.69) is 10.3 Å². The van der Waals surface area contributed by atoms with E-state index in [9.17, 15) is 9.59 Å². The van der Waals surface area contributed by atoms with Crippen molar-refractivity contribution < 1.29 is 14.3 Å². The van der Waals surface area contributed by atoms with Crippen LogP contribution in [0.25, 0.3) is 0 Å². The largest absolute Gasteiger partial charge is 0.483 e. The van der Waals surface area contributed by atoms with Crippen LogP contribution in [0.2, 0.25) is 0 Å². The summed E-state index contributed by atoms with van der Waals surface area (Å²) in [5, 5.41) is 2.73. The number of rotatable bonds is 5. The molecule has 1 aliphatic heterocycles. The van der Waals surface area contributed by atoms with Crippen molar-refractivity contribution >= 4 is 11.8 Å². The smallest absolute Gasteiger partial charge is 0.258 e. The summed E-state index contributed by atoms with van der Waals surface area (Å²) in [5.41, 5.74) is 2.66. The second-order valence-corrected chi connectivity index (χ2v) is 6.44. The maximum absolute atomic E-state index is 12.3. The highest BCUT2D eigenvalue weighted by molar-refractivity contribution is 5.87. The minimum absolute atomic E-state index is 0.0187. The highest BCUT2D eigenvalue weighted by atomic mass is 16.5. The summed E-state index contributed by atoms with van der Waals surface area (Å²) >= 11 is 0. The third kappa shape index (κ3) is 4.69. The van der Waals surface area contributed by atoms with Crippen LogP contribution in [0.15, 0.2) is 6.07 Å². The summed E-state index contributed by atoms with van der Waals surface area (Å²) in [4.78, 5) is 30.6. The molecule has 0 aromatic carbocycles. The predicted molar refractivity (Wildman–Crippen MR) is 92.0 cm³/mol. The van der Waals surface area contributed by atoms with Gasteiger partial charge in [0, 0.05) is 36.1 Å². The average Bonchev–Trinajstić information content (AvgIpc) is 2.56. The van der Waals surface area contributed by atoms with Gasteiger partial charge in [-0.1, -0.05) is 0 Å². The molecule has 1 saturated heterocycles. The van der Waals surface area contributed by atoms with Crippen LogP contribution < -0.4 is 10.1 Å². The van der Waals surface area contributed by atoms with Crippen molar-refractivity contribution in [3.63, 3.8) is 0 Å². The quantitative estimate of drug-likeness (QED) is 0.893. The van der Waals surface area contributed by atoms with E-state index in [1.807, 2.05) is 31.7 Å². The Labute approximate surface area is 143 Å². The molecule has 2 rings (SSSR count). The van der Waals surface area contributed by atoms with Crippen molar-refractivity contribution in [3.05, 3.63) is 23.0 Å². The van der Waals surface area contributed by atoms with Gasteiger partial charge in [-0.2, -0.15) is 0 Å². The summed E-state index contributed by atoms with van der Waals surface area (Å²) in [6, 6.07) is 1.29. The van der Waals surface area contributed by atoms with Gasteiger partial charge >= 0.3 is 0 Å². The number of ether oxygens (including phenoxy) is 1. The van der Waals surface area contributed by atoms with Gasteiger partial charge in [0.2, 0.25) is 5.91 Å². The summed E-state index contributed by atoms with van der Waals surface area (Å²) < 4.78 is 5.61. The Kier molecular flexibility index (Phi) is 6.17. The molecule has 132 valence electrons. The van der Waals surface area contributed by atoms with E-state index < -0.39 is 6.04 Å². The van der Waals surface area contributed by atoms with Crippen LogP contribution in [0.5, 0.6) is 5.75 Å². The maximum atomic E-state index is 12.3. The zero-order valence-electron chi connectivity index (χ0n) is 15.0. The number of carbonyl (C=O) groups excluding carboxylic acids is 2. The first-order valence-corrected chi connectivity index (χ1v) is 8.54. The lowest BCUT2D eigenvalue weighted by Crippen LogP contribution is -2.49. The molecule has 6 nitrogen and oxygen atoms in total. The lowest BCUT2D eigenvalue weighted by atomic mass is 10.1. The number of likely N-dealkylation sites (tertiary alicyclic amines) is 1. The third-order valence-electron chi connectivity index (χ3n) is 4.37. The number of nitrogens with one attached hydrogen (secondary N) is 1. The van der Waals surface area contributed by atoms with Crippen LogP contribution in [-0.4, -0.2) is 47.4 Å². The standard InChI is InChI=1S/C18H27N3O3/c1-12-10-16(13(2)14(3)19-12)24-11-17(22)20-15(4)18(23)21-8-6-5-7-9-21/h10,15H,5-9,11H2,1-4H3,(H,20,22). The first-order valence-electron chi connectivity index (χ1n) is 8.54. The Bertz CT molecular complexity index is 610. The van der Waals surface area contributed by atoms with E-state index in [-0.39, 0.29) is 18.4 Å². The second-order valence-electron chi connectivity index (χ2n) is 6.44. The van der Waals surface area contributed by atoms with E-state index in [0.29, 0.717) is 5.75 Å². The molecule has 0 bridgehead atoms. The van der Waals surface area contributed by atoms with Gasteiger partial charge in [0.25, 0.3) is 5.91 Å². The lowest BCUT2D eigenvalue weighted by molar-refractivity contribution is -0.137. The zero-order chi connectivity index (χ0) is 17.7. The van der Waals surface area contributed by atoms with E-state index in [1.165, 1.54) is 6.42 Å². The molecular formula is C18H27N3O3. The Morgan fingerprint density at radius 2 is 1.92 bits per heavy atom. The maximum Gasteiger partial charge on any atom is 0.258 e. The molecule has 1 N–H and O–H groups in total. The fourth-order valence-corrected chi connectivity index (χ4v) is 2.88. The molecule has 0 spiro atoms. The van der Waals surface area contributed by atoms with Gasteiger partial charge in [-0.3, -0.25) is 14.6 Å². The minimum Gasteiger partial charge on any atom is -0.483 e. The number of piperidine rings is 1. The summed E-state index contributed by atoms with van der Waals surface area (Å²) in [5.74, 6) is 0.347. The topological polar surface area (TPSA) is 71.5 Å². The van der Waals surface area contributed by atoms with E-state index in [0.717, 1.165) is 42.9 Å². The van der Waals surface area contributed by atoms with Crippen molar-refractivity contribution in [1.82, 2.24) is 15.2 Å². The van der Waals surface area contributed by atoms with Crippen LogP contribution >= 0.6 is 0 Å². The highest BCUT2D eigenvalue weighted by Crippen LogP contribution is 2.20. The summed E-state index contributed by atoms with van der Waals surface area (Å²) in [7, 11) is 0. The van der Waals surface area contributed by atoms with Gasteiger partial charge in [0.1, 0.15) is 11.8 Å². The van der Waals surface area contributed by atoms with Gasteiger partial charge in [0.15, 0.2) is 6.61 Å². The number of aromatic nitrogens is 1. The van der Waals surface area contributed by atoms with E-state index in [4.69, 9.17) is 4.74 Å². The molecule has 24 heavy (non-hydrogen) atoms. The molecule has 1 fully saturated rings. The van der Waals surface area contributed by atoms with Crippen LogP contribution in [0.1, 0.15) is 43.1 Å². The average molecular weight is 333 g/mol. The Hall–Kier alpha value is -2.11. The van der Waals surface area contributed by atoms with Gasteiger partial charge in [-0.15, -0.1) is 0 Å². The molecule has 2 amide bonds. The normalized spacial score (nSPS) is 15.8. The number of pyridine rings is 1. The number of aryl methyl sites for hydroxylation is 2. The van der Waals surface area contributed by atoms with Crippen LogP contribution in [0.4, 0.5) is 0 Å². The van der Waals surface area contributed by atoms with Crippen molar-refractivity contribution in [2.75, 3.05) is 19.7 Å². The van der Waals surface area contributed by atoms with Crippen molar-refractivity contribution in [1.29, 1.82) is 0 Å². The molecule has 1 aliphatic rings. The Morgan fingerprint density at radius 1 is 1.25 bits per heavy atom. The first-order chi connectivity index (χ1) is 11.4. The van der Waals surface area contributed by atoms with E-state index >= 15 is 0 Å². The van der Waals surface area contributed by atoms with Crippen LogP contribution in [-0.2, 0) is 9.59 Å². The zero-order valence-corrected chi connectivity index (χ0v) is 15.0. The van der Waals surface area contributed by atoms with Crippen LogP contribution in [0, 0.1) is 20.8 Å². The number of hydrogen-bond donors (Lipinski definition) is 1. The molecule has 0 radical (unpaired) electrons. The first kappa shape index (κ1) is 18.2. The van der Waals surface area contributed by atoms with Gasteiger partial charge in [-0.05, 0) is 47.0 Å². The summed E-state index contributed by atoms with van der Waals surface area (Å²) in [6.07, 6.45) is 3.24. The monoisotopic (exact) mass is 333 g/mol. The molecule has 0 saturated carbocycles. The molecule has 6 heteroatoms. The molecule has 0 aliphatic carbocycles. The predicted octanol–water partition coefficient (Wildman–Crippen LogP) is 1.90. The molecule has 1 aromatic rings. The highest BCUT2D eigenvalue weighted by Gasteiger charge is 2.23. The SMILES string of the molecule is Cc1cc(OCC(=O)NC(C)C(=O)N2CCCCC2)c(C)c(C)n1. The van der Waals surface area contributed by atoms with Gasteiger partial charge in [0.05, 0.1) is 0 Å². The molecule has 1 atom stereocenters. The fourth-order valence-electron chi connectivity index (χ4n) is 2.88. The van der Waals surface area contributed by atoms with Gasteiger partial charge in [-0.25, -0.2) is 0 Å². The third-order valence-corrected chi connectivity index (χ3v) is 4.37. The number of carbonyl (C=O) groups is 2. The molecule has 1 unspecified atom stereocenters. The Balaban J connectivity index is 1.85. The van der Waals surface area contributed by atoms with Crippen molar-refractivity contribution in [2.24, 2.45) is 0 Å². The number of amides is 2. The molecule has 1 aromatic heterocycles. The molecular weight excluding hydrogens is 306 g/mol. The minimum atomic E-state index is -0.527. The Morgan fingerprint density at radius 3 is 2.58 bits per heavy atom. The lowest BCUT2D eigenvalue weighted by Gasteiger charge is -2.29. The van der Waals surface area contributed by atoms with Gasteiger partial charge < -0.3 is 15.0 Å². The number of nitrogens with zero attached hydrogens (tertiary/aromatic N) is 2. The van der Waals surface area contributed by atoms with Crippen molar-refractivity contribution in [3.8, 4) is 5.75 Å². The number of hydrogen-bond acceptors (Lipinski definition) is 4.